The van der Waals surface area contributed by atoms with Crippen molar-refractivity contribution in [2.24, 2.45) is 0 Å². The zero-order chi connectivity index (χ0) is 11.8. The Hall–Kier alpha value is -1.88. The third-order valence-corrected chi connectivity index (χ3v) is 3.12. The number of hydrogen-bond acceptors (Lipinski definition) is 3. The normalized spacial score (nSPS) is 20.1. The molecule has 0 bridgehead atoms. The third-order valence-electron chi connectivity index (χ3n) is 3.12. The second kappa shape index (κ2) is 3.85. The van der Waals surface area contributed by atoms with Crippen molar-refractivity contribution in [2.75, 3.05) is 13.1 Å². The van der Waals surface area contributed by atoms with E-state index in [4.69, 9.17) is 0 Å². The van der Waals surface area contributed by atoms with Crippen molar-refractivity contribution in [1.82, 2.24) is 14.9 Å². The Morgan fingerprint density at radius 2 is 2.41 bits per heavy atom. The lowest BCUT2D eigenvalue weighted by Gasteiger charge is -2.15. The number of nitrogens with zero attached hydrogens (tertiary/aromatic N) is 2. The Bertz CT molecular complexity index is 564. The van der Waals surface area contributed by atoms with Gasteiger partial charge in [-0.2, -0.15) is 0 Å². The number of β-amino-alcohol motifs (C(OH)–C–C–N with tert-alkyl or cyclic N) is 1. The fraction of sp³-hybridized carbons (Fsp3) is 0.333. The molecule has 17 heavy (non-hydrogen) atoms. The molecule has 2 heterocycles. The lowest BCUT2D eigenvalue weighted by atomic mass is 10.2. The van der Waals surface area contributed by atoms with Crippen molar-refractivity contribution >= 4 is 16.9 Å². The molecule has 5 nitrogen and oxygen atoms in total. The molecule has 1 amide bonds. The molecule has 2 N–H and O–H groups in total. The number of aromatic amines is 1. The predicted molar refractivity (Wildman–Crippen MR) is 62.6 cm³/mol. The minimum absolute atomic E-state index is 0.0296. The summed E-state index contributed by atoms with van der Waals surface area (Å²) in [6, 6.07) is 5.40. The van der Waals surface area contributed by atoms with Gasteiger partial charge < -0.3 is 15.0 Å². The number of fused-ring (bicyclic) bond motifs is 1. The molecule has 2 aromatic rings. The SMILES string of the molecule is O=C(c1ccc2nc[nH]c2c1)N1CC[C@@H](O)C1. The van der Waals surface area contributed by atoms with Crippen LogP contribution in [0.5, 0.6) is 0 Å². The number of carbonyl (C=O) groups excluding carboxylic acids is 1. The molecule has 1 aromatic carbocycles. The highest BCUT2D eigenvalue weighted by atomic mass is 16.3. The van der Waals surface area contributed by atoms with Gasteiger partial charge in [-0.1, -0.05) is 0 Å². The quantitative estimate of drug-likeness (QED) is 0.761. The average Bonchev–Trinajstić information content (AvgIpc) is 2.95. The molecule has 1 aliphatic heterocycles. The molecule has 0 spiro atoms. The van der Waals surface area contributed by atoms with Gasteiger partial charge in [0.25, 0.3) is 5.91 Å². The van der Waals surface area contributed by atoms with Gasteiger partial charge in [0.1, 0.15) is 0 Å². The number of nitrogens with one attached hydrogen (secondary N) is 1. The van der Waals surface area contributed by atoms with Crippen molar-refractivity contribution in [3.63, 3.8) is 0 Å². The summed E-state index contributed by atoms with van der Waals surface area (Å²) in [5.41, 5.74) is 2.34. The van der Waals surface area contributed by atoms with Crippen molar-refractivity contribution in [3.8, 4) is 0 Å². The number of likely N-dealkylation sites (tertiary alicyclic amines) is 1. The third kappa shape index (κ3) is 1.78. The van der Waals surface area contributed by atoms with E-state index in [0.717, 1.165) is 11.0 Å². The fourth-order valence-corrected chi connectivity index (χ4v) is 2.18. The van der Waals surface area contributed by atoms with Crippen molar-refractivity contribution < 1.29 is 9.90 Å². The minimum Gasteiger partial charge on any atom is -0.391 e. The van der Waals surface area contributed by atoms with Crippen LogP contribution in [0.2, 0.25) is 0 Å². The van der Waals surface area contributed by atoms with E-state index in [1.165, 1.54) is 0 Å². The maximum atomic E-state index is 12.1. The number of aliphatic hydroxyl groups is 1. The van der Waals surface area contributed by atoms with Crippen molar-refractivity contribution in [3.05, 3.63) is 30.1 Å². The molecule has 1 aliphatic rings. The van der Waals surface area contributed by atoms with Gasteiger partial charge in [-0.15, -0.1) is 0 Å². The summed E-state index contributed by atoms with van der Waals surface area (Å²) < 4.78 is 0. The second-order valence-corrected chi connectivity index (χ2v) is 4.33. The first-order valence-corrected chi connectivity index (χ1v) is 5.64. The van der Waals surface area contributed by atoms with E-state index in [0.29, 0.717) is 25.1 Å². The van der Waals surface area contributed by atoms with Crippen LogP contribution in [0.4, 0.5) is 0 Å². The molecule has 1 aromatic heterocycles. The zero-order valence-electron chi connectivity index (χ0n) is 9.26. The molecular formula is C12H13N3O2. The molecule has 88 valence electrons. The van der Waals surface area contributed by atoms with Crippen LogP contribution < -0.4 is 0 Å². The smallest absolute Gasteiger partial charge is 0.254 e. The lowest BCUT2D eigenvalue weighted by Crippen LogP contribution is -2.29. The maximum absolute atomic E-state index is 12.1. The molecule has 0 saturated carbocycles. The predicted octanol–water partition coefficient (Wildman–Crippen LogP) is 0.770. The number of benzene rings is 1. The van der Waals surface area contributed by atoms with Crippen LogP contribution in [0, 0.1) is 0 Å². The molecule has 1 fully saturated rings. The maximum Gasteiger partial charge on any atom is 0.254 e. The van der Waals surface area contributed by atoms with Gasteiger partial charge in [0.2, 0.25) is 0 Å². The van der Waals surface area contributed by atoms with E-state index >= 15 is 0 Å². The molecular weight excluding hydrogens is 218 g/mol. The van der Waals surface area contributed by atoms with Crippen molar-refractivity contribution in [1.29, 1.82) is 0 Å². The zero-order valence-corrected chi connectivity index (χ0v) is 9.26. The Kier molecular flexibility index (Phi) is 2.33. The summed E-state index contributed by atoms with van der Waals surface area (Å²) in [5.74, 6) is -0.0296. The highest BCUT2D eigenvalue weighted by molar-refractivity contribution is 5.97. The van der Waals surface area contributed by atoms with Crippen LogP contribution in [-0.4, -0.2) is 45.1 Å². The molecule has 1 atom stereocenters. The van der Waals surface area contributed by atoms with E-state index in [-0.39, 0.29) is 12.0 Å². The van der Waals surface area contributed by atoms with Gasteiger partial charge in [-0.3, -0.25) is 4.79 Å². The summed E-state index contributed by atoms with van der Waals surface area (Å²) in [5, 5.41) is 9.42. The van der Waals surface area contributed by atoms with Gasteiger partial charge in [0, 0.05) is 18.7 Å². The number of rotatable bonds is 1. The number of imidazole rings is 1. The number of amides is 1. The standard InChI is InChI=1S/C12H13N3O2/c16-9-3-4-15(6-9)12(17)8-1-2-10-11(5-8)14-7-13-10/h1-2,5,7,9,16H,3-4,6H2,(H,13,14)/t9-/m1/s1. The number of hydrogen-bond donors (Lipinski definition) is 2. The average molecular weight is 231 g/mol. The molecule has 1 saturated heterocycles. The van der Waals surface area contributed by atoms with E-state index < -0.39 is 0 Å². The topological polar surface area (TPSA) is 69.2 Å². The first-order valence-electron chi connectivity index (χ1n) is 5.64. The monoisotopic (exact) mass is 231 g/mol. The van der Waals surface area contributed by atoms with Gasteiger partial charge in [-0.05, 0) is 24.6 Å². The van der Waals surface area contributed by atoms with Crippen LogP contribution in [0.3, 0.4) is 0 Å². The van der Waals surface area contributed by atoms with E-state index in [1.54, 1.807) is 23.4 Å². The Morgan fingerprint density at radius 3 is 3.18 bits per heavy atom. The fourth-order valence-electron chi connectivity index (χ4n) is 2.18. The molecule has 3 rings (SSSR count). The van der Waals surface area contributed by atoms with E-state index in [1.807, 2.05) is 6.07 Å². The van der Waals surface area contributed by atoms with Crippen LogP contribution in [0.1, 0.15) is 16.8 Å². The van der Waals surface area contributed by atoms with Gasteiger partial charge in [0.15, 0.2) is 0 Å². The number of aromatic nitrogens is 2. The number of aliphatic hydroxyl groups excluding tert-OH is 1. The van der Waals surface area contributed by atoms with Gasteiger partial charge >= 0.3 is 0 Å². The first-order chi connectivity index (χ1) is 8.24. The van der Waals surface area contributed by atoms with Crippen LogP contribution in [-0.2, 0) is 0 Å². The molecule has 5 heteroatoms. The Balaban J connectivity index is 1.89. The number of carbonyl (C=O) groups is 1. The van der Waals surface area contributed by atoms with Gasteiger partial charge in [0.05, 0.1) is 23.5 Å². The Morgan fingerprint density at radius 1 is 1.53 bits per heavy atom. The summed E-state index contributed by atoms with van der Waals surface area (Å²) in [4.78, 5) is 20.9. The summed E-state index contributed by atoms with van der Waals surface area (Å²) >= 11 is 0. The first kappa shape index (κ1) is 10.3. The minimum atomic E-state index is -0.380. The summed E-state index contributed by atoms with van der Waals surface area (Å²) in [6.45, 7) is 1.06. The van der Waals surface area contributed by atoms with Crippen LogP contribution >= 0.6 is 0 Å². The van der Waals surface area contributed by atoms with E-state index in [2.05, 4.69) is 9.97 Å². The number of H-pyrrole nitrogens is 1. The summed E-state index contributed by atoms with van der Waals surface area (Å²) in [7, 11) is 0. The molecule has 0 aliphatic carbocycles. The van der Waals surface area contributed by atoms with Crippen LogP contribution in [0.25, 0.3) is 11.0 Å². The van der Waals surface area contributed by atoms with Gasteiger partial charge in [-0.25, -0.2) is 4.98 Å². The highest BCUT2D eigenvalue weighted by Gasteiger charge is 2.25. The van der Waals surface area contributed by atoms with Crippen LogP contribution in [0.15, 0.2) is 24.5 Å². The molecule has 0 unspecified atom stereocenters. The largest absolute Gasteiger partial charge is 0.391 e. The highest BCUT2D eigenvalue weighted by Crippen LogP contribution is 2.16. The van der Waals surface area contributed by atoms with E-state index in [9.17, 15) is 9.90 Å². The lowest BCUT2D eigenvalue weighted by molar-refractivity contribution is 0.0765. The summed E-state index contributed by atoms with van der Waals surface area (Å²) in [6.07, 6.45) is 1.89. The second-order valence-electron chi connectivity index (χ2n) is 4.33. The Labute approximate surface area is 98.1 Å². The van der Waals surface area contributed by atoms with Crippen molar-refractivity contribution in [2.45, 2.75) is 12.5 Å². The molecule has 0 radical (unpaired) electrons.